The number of alkyl halides is 24. The molecule has 0 aromatic heterocycles. The van der Waals surface area contributed by atoms with Crippen LogP contribution in [-0.2, 0) is 10.1 Å². The predicted molar refractivity (Wildman–Crippen MR) is 84.0 cm³/mol. The summed E-state index contributed by atoms with van der Waals surface area (Å²) >= 11 is 0. The third-order valence-electron chi connectivity index (χ3n) is 5.09. The minimum absolute atomic E-state index is 7.70. The summed E-state index contributed by atoms with van der Waals surface area (Å²) < 4.78 is 408. The second-order valence-corrected chi connectivity index (χ2v) is 12.1. The lowest BCUT2D eigenvalue weighted by Gasteiger charge is -2.51. The first-order valence-corrected chi connectivity index (χ1v) is 12.4. The molecule has 0 aromatic rings. The first-order chi connectivity index (χ1) is 18.7. The topological polar surface area (TPSA) is 54.4 Å². The Morgan fingerprint density at radius 2 is 0.478 bits per heavy atom. The molecule has 282 valence electrons. The standard InChI is InChI=1S/C12HF29O3S2/c13-1(14,3(17,18)5(21,22)7(25,26)9(29,30)11(33,34)45(42,43)44)2(15,16)4(19,20)6(23,24)8(27,28)10(31,32)12(35,36)46(37,38,39,40)41/h(H,42,43,44). The van der Waals surface area contributed by atoms with E-state index in [-0.39, 0.29) is 0 Å². The molecule has 0 aliphatic heterocycles. The molecule has 0 amide bonds. The van der Waals surface area contributed by atoms with Crippen LogP contribution in [0.1, 0.15) is 0 Å². The minimum atomic E-state index is -13.9. The van der Waals surface area contributed by atoms with Crippen molar-refractivity contribution in [3.8, 4) is 0 Å². The Morgan fingerprint density at radius 1 is 0.326 bits per heavy atom. The van der Waals surface area contributed by atoms with Gasteiger partial charge in [0, 0.05) is 0 Å². The largest absolute Gasteiger partial charge is 0.450 e. The van der Waals surface area contributed by atoms with Crippen molar-refractivity contribution in [3.05, 3.63) is 0 Å². The summed E-state index contributed by atoms with van der Waals surface area (Å²) in [6.45, 7) is 0. The Hall–Kier alpha value is -1.77. The van der Waals surface area contributed by atoms with Gasteiger partial charge in [0.15, 0.2) is 0 Å². The molecule has 0 unspecified atom stereocenters. The van der Waals surface area contributed by atoms with Gasteiger partial charge in [0.05, 0.1) is 0 Å². The Morgan fingerprint density at radius 3 is 0.630 bits per heavy atom. The minimum Gasteiger partial charge on any atom is -0.281 e. The van der Waals surface area contributed by atoms with Crippen LogP contribution in [-0.4, -0.2) is 82.7 Å². The Bertz CT molecular complexity index is 1310. The van der Waals surface area contributed by atoms with Crippen molar-refractivity contribution in [2.24, 2.45) is 0 Å². The van der Waals surface area contributed by atoms with Gasteiger partial charge in [-0.3, -0.25) is 4.55 Å². The molecule has 0 saturated heterocycles. The van der Waals surface area contributed by atoms with Crippen LogP contribution in [0.3, 0.4) is 0 Å². The van der Waals surface area contributed by atoms with E-state index in [1.54, 1.807) is 0 Å². The van der Waals surface area contributed by atoms with Gasteiger partial charge >= 0.3 is 90.1 Å². The van der Waals surface area contributed by atoms with E-state index >= 15 is 0 Å². The number of rotatable bonds is 13. The van der Waals surface area contributed by atoms with Crippen LogP contribution in [0.5, 0.6) is 0 Å². The van der Waals surface area contributed by atoms with E-state index in [4.69, 9.17) is 4.55 Å². The Balaban J connectivity index is 7.69. The fourth-order valence-electron chi connectivity index (χ4n) is 2.35. The molecule has 0 aliphatic rings. The van der Waals surface area contributed by atoms with Crippen molar-refractivity contribution in [2.75, 3.05) is 0 Å². The van der Waals surface area contributed by atoms with E-state index in [1.807, 2.05) is 0 Å². The van der Waals surface area contributed by atoms with E-state index in [2.05, 4.69) is 0 Å². The maximum absolute atomic E-state index is 13.9. The Kier molecular flexibility index (Phi) is 8.91. The fourth-order valence-corrected chi connectivity index (χ4v) is 3.41. The molecule has 0 radical (unpaired) electrons. The molecule has 0 fully saturated rings. The molecule has 0 heterocycles. The summed E-state index contributed by atoms with van der Waals surface area (Å²) in [6.07, 6.45) is 0. The maximum atomic E-state index is 13.6. The highest BCUT2D eigenvalue weighted by molar-refractivity contribution is 8.46. The second-order valence-electron chi connectivity index (χ2n) is 8.22. The highest BCUT2D eigenvalue weighted by Gasteiger charge is 3.03. The van der Waals surface area contributed by atoms with Crippen molar-refractivity contribution in [1.82, 2.24) is 0 Å². The average molecular weight is 808 g/mol. The van der Waals surface area contributed by atoms with Crippen molar-refractivity contribution in [2.45, 2.75) is 69.7 Å². The zero-order chi connectivity index (χ0) is 38.9. The molecule has 0 bridgehead atoms. The summed E-state index contributed by atoms with van der Waals surface area (Å²) in [5, 5.41) is -18.5. The molecule has 34 heteroatoms. The van der Waals surface area contributed by atoms with Crippen LogP contribution in [0.25, 0.3) is 0 Å². The lowest BCUT2D eigenvalue weighted by molar-refractivity contribution is -0.475. The second kappa shape index (κ2) is 9.26. The number of halogens is 29. The van der Waals surface area contributed by atoms with E-state index < -0.39 is 90.1 Å². The monoisotopic (exact) mass is 808 g/mol. The molecule has 0 saturated carbocycles. The zero-order valence-corrected chi connectivity index (χ0v) is 20.7. The fraction of sp³-hybridized carbons (Fsp3) is 1.00. The van der Waals surface area contributed by atoms with Crippen molar-refractivity contribution < 1.29 is 138 Å². The normalized spacial score (nSPS) is 18.7. The van der Waals surface area contributed by atoms with E-state index in [1.165, 1.54) is 0 Å². The van der Waals surface area contributed by atoms with Gasteiger partial charge in [0.25, 0.3) is 0 Å². The molecule has 0 aliphatic carbocycles. The van der Waals surface area contributed by atoms with Crippen LogP contribution in [0, 0.1) is 0 Å². The quantitative estimate of drug-likeness (QED) is 0.149. The molecule has 0 atom stereocenters. The average Bonchev–Trinajstić information content (AvgIpc) is 2.74. The summed E-state index contributed by atoms with van der Waals surface area (Å²) in [5.74, 6) is -98.7. The van der Waals surface area contributed by atoms with Gasteiger partial charge in [0.1, 0.15) is 0 Å². The van der Waals surface area contributed by atoms with E-state index in [0.29, 0.717) is 0 Å². The molecular weight excluding hydrogens is 807 g/mol. The molecule has 3 nitrogen and oxygen atoms in total. The van der Waals surface area contributed by atoms with Gasteiger partial charge in [-0.05, 0) is 0 Å². The Labute approximate surface area is 229 Å². The summed E-state index contributed by atoms with van der Waals surface area (Å²) in [7, 11) is -22.2. The SMILES string of the molecule is O=S(=O)(O)C(F)(F)C(F)(F)C(F)(F)C(F)(F)C(F)(F)C(F)(F)C(F)(F)C(F)(F)C(F)(F)C(F)(F)C(F)(F)C(F)(F)S(F)(F)(F)(F)F. The first kappa shape index (κ1) is 44.2. The van der Waals surface area contributed by atoms with E-state index in [9.17, 15) is 133 Å². The van der Waals surface area contributed by atoms with Gasteiger partial charge in [-0.1, -0.05) is 19.4 Å². The lowest BCUT2D eigenvalue weighted by Crippen LogP contribution is -2.78. The smallest absolute Gasteiger partial charge is 0.281 e. The van der Waals surface area contributed by atoms with Gasteiger partial charge in [0.2, 0.25) is 0 Å². The summed E-state index contributed by atoms with van der Waals surface area (Å²) in [5.41, 5.74) is 0. The van der Waals surface area contributed by atoms with Gasteiger partial charge in [-0.25, -0.2) is 0 Å². The van der Waals surface area contributed by atoms with E-state index in [0.717, 1.165) is 0 Å². The van der Waals surface area contributed by atoms with Crippen LogP contribution in [0.15, 0.2) is 0 Å². The molecule has 46 heavy (non-hydrogen) atoms. The van der Waals surface area contributed by atoms with Crippen LogP contribution in [0.2, 0.25) is 0 Å². The van der Waals surface area contributed by atoms with Crippen molar-refractivity contribution in [3.63, 3.8) is 0 Å². The first-order valence-electron chi connectivity index (χ1n) is 8.98. The summed E-state index contributed by atoms with van der Waals surface area (Å²) in [4.78, 5) is 0. The zero-order valence-electron chi connectivity index (χ0n) is 19.0. The third kappa shape index (κ3) is 4.88. The third-order valence-corrected chi connectivity index (χ3v) is 7.22. The molecule has 0 rings (SSSR count). The lowest BCUT2D eigenvalue weighted by atomic mass is 9.85. The summed E-state index contributed by atoms with van der Waals surface area (Å²) in [6, 6.07) is 0. The number of hydrogen-bond donors (Lipinski definition) is 1. The van der Waals surface area contributed by atoms with Crippen molar-refractivity contribution >= 4 is 20.3 Å². The molecule has 1 N–H and O–H groups in total. The highest BCUT2D eigenvalue weighted by atomic mass is 32.5. The number of hydrogen-bond acceptors (Lipinski definition) is 2. The highest BCUT2D eigenvalue weighted by Crippen LogP contribution is 3.06. The van der Waals surface area contributed by atoms with Gasteiger partial charge < -0.3 is 0 Å². The molecule has 0 aromatic carbocycles. The molecule has 0 spiro atoms. The van der Waals surface area contributed by atoms with Crippen molar-refractivity contribution in [1.29, 1.82) is 0 Å². The maximum Gasteiger partial charge on any atom is 0.450 e. The van der Waals surface area contributed by atoms with Crippen LogP contribution < -0.4 is 0 Å². The van der Waals surface area contributed by atoms with Crippen LogP contribution in [0.4, 0.5) is 125 Å². The van der Waals surface area contributed by atoms with Gasteiger partial charge in [-0.2, -0.15) is 114 Å². The van der Waals surface area contributed by atoms with Gasteiger partial charge in [-0.15, -0.1) is 0 Å². The predicted octanol–water partition coefficient (Wildman–Crippen LogP) is 9.71. The van der Waals surface area contributed by atoms with Crippen LogP contribution >= 0.6 is 10.2 Å². The molecular formula is C12HF29O3S2.